The zero-order chi connectivity index (χ0) is 14.7. The molecule has 0 radical (unpaired) electrons. The van der Waals surface area contributed by atoms with Gasteiger partial charge in [0, 0.05) is 5.56 Å². The summed E-state index contributed by atoms with van der Waals surface area (Å²) in [5, 5.41) is 0. The number of rotatable bonds is 4. The normalized spacial score (nSPS) is 10.5. The molecule has 0 saturated heterocycles. The average Bonchev–Trinajstić information content (AvgIpc) is 2.54. The van der Waals surface area contributed by atoms with Crippen molar-refractivity contribution < 1.29 is 9.53 Å². The number of nitrogens with zero attached hydrogens (tertiary/aromatic N) is 2. The van der Waals surface area contributed by atoms with Crippen LogP contribution < -0.4 is 4.74 Å². The van der Waals surface area contributed by atoms with Crippen LogP contribution in [0.25, 0.3) is 11.0 Å². The summed E-state index contributed by atoms with van der Waals surface area (Å²) < 4.78 is 5.41. The number of benzene rings is 2. The van der Waals surface area contributed by atoms with Crippen LogP contribution in [0.2, 0.25) is 0 Å². The van der Waals surface area contributed by atoms with E-state index in [2.05, 4.69) is 9.97 Å². The molecule has 0 saturated carbocycles. The lowest BCUT2D eigenvalue weighted by Crippen LogP contribution is -2.05. The molecule has 104 valence electrons. The van der Waals surface area contributed by atoms with Gasteiger partial charge in [0.2, 0.25) is 5.78 Å². The lowest BCUT2D eigenvalue weighted by Gasteiger charge is -2.05. The third-order valence-electron chi connectivity index (χ3n) is 3.09. The van der Waals surface area contributed by atoms with Crippen molar-refractivity contribution in [2.75, 3.05) is 6.61 Å². The highest BCUT2D eigenvalue weighted by Gasteiger charge is 2.12. The molecule has 0 unspecified atom stereocenters. The Balaban J connectivity index is 1.97. The standard InChI is InChI=1S/C17H14N2O2/c1-2-21-13-7-5-6-12(10-13)17(20)16-11-18-14-8-3-4-9-15(14)19-16/h3-11H,2H2,1H3. The first kappa shape index (κ1) is 13.2. The molecule has 1 aromatic heterocycles. The molecule has 4 heteroatoms. The van der Waals surface area contributed by atoms with Gasteiger partial charge in [0.1, 0.15) is 11.4 Å². The van der Waals surface area contributed by atoms with E-state index in [1.165, 1.54) is 6.20 Å². The Kier molecular flexibility index (Phi) is 3.60. The second kappa shape index (κ2) is 5.71. The van der Waals surface area contributed by atoms with Crippen LogP contribution in [0.3, 0.4) is 0 Å². The minimum absolute atomic E-state index is 0.158. The molecule has 0 aliphatic rings. The summed E-state index contributed by atoms with van der Waals surface area (Å²) in [5.41, 5.74) is 2.37. The van der Waals surface area contributed by atoms with Crippen LogP contribution in [0.15, 0.2) is 54.7 Å². The van der Waals surface area contributed by atoms with Gasteiger partial charge in [-0.2, -0.15) is 0 Å². The van der Waals surface area contributed by atoms with Gasteiger partial charge in [0.15, 0.2) is 0 Å². The fourth-order valence-corrected chi connectivity index (χ4v) is 2.11. The first-order valence-corrected chi connectivity index (χ1v) is 6.77. The molecule has 3 aromatic rings. The van der Waals surface area contributed by atoms with Gasteiger partial charge in [-0.1, -0.05) is 24.3 Å². The molecule has 0 fully saturated rings. The maximum absolute atomic E-state index is 12.5. The van der Waals surface area contributed by atoms with Crippen LogP contribution in [0.1, 0.15) is 23.0 Å². The molecule has 0 spiro atoms. The van der Waals surface area contributed by atoms with E-state index in [9.17, 15) is 4.79 Å². The van der Waals surface area contributed by atoms with Crippen molar-refractivity contribution in [1.82, 2.24) is 9.97 Å². The molecule has 0 aliphatic heterocycles. The minimum Gasteiger partial charge on any atom is -0.494 e. The summed E-state index contributed by atoms with van der Waals surface area (Å²) in [6, 6.07) is 14.6. The monoisotopic (exact) mass is 278 g/mol. The predicted octanol–water partition coefficient (Wildman–Crippen LogP) is 3.26. The highest BCUT2D eigenvalue weighted by atomic mass is 16.5. The summed E-state index contributed by atoms with van der Waals surface area (Å²) in [7, 11) is 0. The fourth-order valence-electron chi connectivity index (χ4n) is 2.11. The largest absolute Gasteiger partial charge is 0.494 e. The number of hydrogen-bond acceptors (Lipinski definition) is 4. The van der Waals surface area contributed by atoms with E-state index in [1.807, 2.05) is 37.3 Å². The van der Waals surface area contributed by atoms with Crippen LogP contribution in [0.5, 0.6) is 5.75 Å². The maximum Gasteiger partial charge on any atom is 0.213 e. The molecular formula is C17H14N2O2. The minimum atomic E-state index is -0.158. The van der Waals surface area contributed by atoms with Crippen molar-refractivity contribution in [3.8, 4) is 5.75 Å². The van der Waals surface area contributed by atoms with Gasteiger partial charge >= 0.3 is 0 Å². The van der Waals surface area contributed by atoms with Crippen LogP contribution in [-0.2, 0) is 0 Å². The molecule has 0 amide bonds. The molecule has 0 N–H and O–H groups in total. The Bertz CT molecular complexity index is 799. The molecule has 3 rings (SSSR count). The lowest BCUT2D eigenvalue weighted by molar-refractivity contribution is 0.103. The van der Waals surface area contributed by atoms with Gasteiger partial charge in [-0.25, -0.2) is 4.98 Å². The Morgan fingerprint density at radius 1 is 1.10 bits per heavy atom. The van der Waals surface area contributed by atoms with E-state index in [4.69, 9.17) is 4.74 Å². The zero-order valence-electron chi connectivity index (χ0n) is 11.6. The van der Waals surface area contributed by atoms with Crippen LogP contribution in [0, 0.1) is 0 Å². The first-order valence-electron chi connectivity index (χ1n) is 6.77. The van der Waals surface area contributed by atoms with E-state index < -0.39 is 0 Å². The van der Waals surface area contributed by atoms with Crippen LogP contribution in [-0.4, -0.2) is 22.4 Å². The smallest absolute Gasteiger partial charge is 0.213 e. The zero-order valence-corrected chi connectivity index (χ0v) is 11.6. The van der Waals surface area contributed by atoms with Gasteiger partial charge in [0.25, 0.3) is 0 Å². The third kappa shape index (κ3) is 2.74. The maximum atomic E-state index is 12.5. The summed E-state index contributed by atoms with van der Waals surface area (Å²) >= 11 is 0. The van der Waals surface area contributed by atoms with Crippen LogP contribution in [0.4, 0.5) is 0 Å². The quantitative estimate of drug-likeness (QED) is 0.687. The third-order valence-corrected chi connectivity index (χ3v) is 3.09. The Morgan fingerprint density at radius 3 is 2.71 bits per heavy atom. The summed E-state index contributed by atoms with van der Waals surface area (Å²) in [6.45, 7) is 2.47. The van der Waals surface area contributed by atoms with Gasteiger partial charge in [-0.3, -0.25) is 9.78 Å². The van der Waals surface area contributed by atoms with Gasteiger partial charge in [0.05, 0.1) is 23.8 Å². The summed E-state index contributed by atoms with van der Waals surface area (Å²) in [4.78, 5) is 21.1. The van der Waals surface area contributed by atoms with Crippen molar-refractivity contribution in [1.29, 1.82) is 0 Å². The van der Waals surface area contributed by atoms with Crippen molar-refractivity contribution in [2.24, 2.45) is 0 Å². The Morgan fingerprint density at radius 2 is 1.90 bits per heavy atom. The number of hydrogen-bond donors (Lipinski definition) is 0. The number of ether oxygens (including phenoxy) is 1. The van der Waals surface area contributed by atoms with E-state index >= 15 is 0 Å². The highest BCUT2D eigenvalue weighted by Crippen LogP contribution is 2.17. The molecular weight excluding hydrogens is 264 g/mol. The summed E-state index contributed by atoms with van der Waals surface area (Å²) in [5.74, 6) is 0.520. The van der Waals surface area contributed by atoms with Crippen molar-refractivity contribution in [3.63, 3.8) is 0 Å². The van der Waals surface area contributed by atoms with E-state index in [0.29, 0.717) is 29.1 Å². The average molecular weight is 278 g/mol. The van der Waals surface area contributed by atoms with Crippen molar-refractivity contribution in [3.05, 3.63) is 66.0 Å². The molecule has 0 aliphatic carbocycles. The molecule has 1 heterocycles. The highest BCUT2D eigenvalue weighted by molar-refractivity contribution is 6.08. The number of aromatic nitrogens is 2. The SMILES string of the molecule is CCOc1cccc(C(=O)c2cnc3ccccc3n2)c1. The topological polar surface area (TPSA) is 52.1 Å². The number of ketones is 1. The Hall–Kier alpha value is -2.75. The second-order valence-electron chi connectivity index (χ2n) is 4.53. The molecule has 2 aromatic carbocycles. The van der Waals surface area contributed by atoms with Crippen molar-refractivity contribution >= 4 is 16.8 Å². The summed E-state index contributed by atoms with van der Waals surface area (Å²) in [6.07, 6.45) is 1.51. The van der Waals surface area contributed by atoms with E-state index in [1.54, 1.807) is 18.2 Å². The molecule has 4 nitrogen and oxygen atoms in total. The Labute approximate surface area is 122 Å². The predicted molar refractivity (Wildman–Crippen MR) is 80.6 cm³/mol. The van der Waals surface area contributed by atoms with Gasteiger partial charge in [-0.15, -0.1) is 0 Å². The van der Waals surface area contributed by atoms with Gasteiger partial charge in [-0.05, 0) is 31.2 Å². The second-order valence-corrected chi connectivity index (χ2v) is 4.53. The van der Waals surface area contributed by atoms with Gasteiger partial charge < -0.3 is 4.74 Å². The number of carbonyl (C=O) groups excluding carboxylic acids is 1. The van der Waals surface area contributed by atoms with E-state index in [0.717, 1.165) is 5.52 Å². The fraction of sp³-hybridized carbons (Fsp3) is 0.118. The molecule has 0 bridgehead atoms. The number of carbonyl (C=O) groups is 1. The van der Waals surface area contributed by atoms with Crippen LogP contribution >= 0.6 is 0 Å². The van der Waals surface area contributed by atoms with E-state index in [-0.39, 0.29) is 5.78 Å². The molecule has 21 heavy (non-hydrogen) atoms. The molecule has 0 atom stereocenters. The number of para-hydroxylation sites is 2. The lowest BCUT2D eigenvalue weighted by atomic mass is 10.1. The van der Waals surface area contributed by atoms with Crippen molar-refractivity contribution in [2.45, 2.75) is 6.92 Å². The number of fused-ring (bicyclic) bond motifs is 1. The first-order chi connectivity index (χ1) is 10.3.